The second-order valence-corrected chi connectivity index (χ2v) is 6.73. The maximum atomic E-state index is 12.4. The number of benzene rings is 1. The van der Waals surface area contributed by atoms with Crippen LogP contribution in [-0.4, -0.2) is 36.2 Å². The van der Waals surface area contributed by atoms with Gasteiger partial charge in [0.2, 0.25) is 0 Å². The molecule has 22 heavy (non-hydrogen) atoms. The van der Waals surface area contributed by atoms with E-state index in [0.717, 1.165) is 11.1 Å². The zero-order valence-corrected chi connectivity index (χ0v) is 14.6. The van der Waals surface area contributed by atoms with Crippen LogP contribution in [0.5, 0.6) is 5.75 Å². The predicted octanol–water partition coefficient (Wildman–Crippen LogP) is 2.28. The normalized spacial score (nSPS) is 13.7. The summed E-state index contributed by atoms with van der Waals surface area (Å²) in [7, 11) is -2.34. The fourth-order valence-corrected chi connectivity index (χ4v) is 3.18. The van der Waals surface area contributed by atoms with E-state index in [1.807, 2.05) is 32.0 Å². The standard InChI is InChI=1S/C15H25N2O4P/c1-5-20-15(18)13(4)17(22(19)10-9-16)21-14-11(2)7-6-8-12(14)3/h6-8,13,22H,5,9-10,16H2,1-4H3. The summed E-state index contributed by atoms with van der Waals surface area (Å²) in [5.41, 5.74) is 7.29. The van der Waals surface area contributed by atoms with Gasteiger partial charge in [-0.15, -0.1) is 0 Å². The van der Waals surface area contributed by atoms with Crippen LogP contribution in [0.2, 0.25) is 0 Å². The summed E-state index contributed by atoms with van der Waals surface area (Å²) in [5, 5.41) is 0. The maximum absolute atomic E-state index is 12.4. The Morgan fingerprint density at radius 1 is 1.36 bits per heavy atom. The van der Waals surface area contributed by atoms with Gasteiger partial charge in [0.15, 0.2) is 13.7 Å². The minimum atomic E-state index is -2.34. The summed E-state index contributed by atoms with van der Waals surface area (Å²) in [4.78, 5) is 19.0. The van der Waals surface area contributed by atoms with Gasteiger partial charge in [0.1, 0.15) is 6.04 Å². The zero-order chi connectivity index (χ0) is 16.7. The Morgan fingerprint density at radius 2 is 1.95 bits per heavy atom. The molecule has 0 fully saturated rings. The summed E-state index contributed by atoms with van der Waals surface area (Å²) in [6, 6.07) is 4.95. The average Bonchev–Trinajstić information content (AvgIpc) is 2.46. The number of hydroxylamine groups is 1. The molecular weight excluding hydrogens is 303 g/mol. The van der Waals surface area contributed by atoms with Crippen LogP contribution >= 0.6 is 7.95 Å². The number of para-hydroxylation sites is 1. The number of carbonyl (C=O) groups is 1. The lowest BCUT2D eigenvalue weighted by Gasteiger charge is -2.27. The third kappa shape index (κ3) is 4.83. The number of hydrogen-bond acceptors (Lipinski definition) is 5. The van der Waals surface area contributed by atoms with Gasteiger partial charge in [-0.05, 0) is 38.8 Å². The van der Waals surface area contributed by atoms with Gasteiger partial charge >= 0.3 is 5.97 Å². The average molecular weight is 328 g/mol. The summed E-state index contributed by atoms with van der Waals surface area (Å²) in [6.45, 7) is 7.67. The Morgan fingerprint density at radius 3 is 2.45 bits per heavy atom. The third-order valence-corrected chi connectivity index (χ3v) is 4.87. The van der Waals surface area contributed by atoms with E-state index in [1.165, 1.54) is 4.83 Å². The number of hydrogen-bond donors (Lipinski definition) is 1. The molecule has 0 aromatic heterocycles. The molecule has 0 heterocycles. The van der Waals surface area contributed by atoms with E-state index in [4.69, 9.17) is 15.3 Å². The molecule has 2 N–H and O–H groups in total. The summed E-state index contributed by atoms with van der Waals surface area (Å²) in [5.74, 6) is 0.137. The van der Waals surface area contributed by atoms with Crippen molar-refractivity contribution in [2.24, 2.45) is 5.73 Å². The van der Waals surface area contributed by atoms with Crippen molar-refractivity contribution >= 4 is 13.9 Å². The van der Waals surface area contributed by atoms with Gasteiger partial charge in [-0.1, -0.05) is 23.0 Å². The van der Waals surface area contributed by atoms with Crippen LogP contribution in [0, 0.1) is 13.8 Å². The highest BCUT2D eigenvalue weighted by Crippen LogP contribution is 2.33. The molecule has 1 rings (SSSR count). The molecule has 0 saturated heterocycles. The highest BCUT2D eigenvalue weighted by molar-refractivity contribution is 7.41. The minimum Gasteiger partial charge on any atom is -0.465 e. The largest absolute Gasteiger partial charge is 0.465 e. The van der Waals surface area contributed by atoms with Crippen LogP contribution in [0.15, 0.2) is 18.2 Å². The SMILES string of the molecule is CCOC(=O)C(C)N(Oc1c(C)cccc1C)[PH](=O)CCN. The van der Waals surface area contributed by atoms with Gasteiger partial charge < -0.3 is 19.9 Å². The molecule has 2 unspecified atom stereocenters. The van der Waals surface area contributed by atoms with E-state index in [1.54, 1.807) is 13.8 Å². The molecule has 1 aromatic rings. The Bertz CT molecular complexity index is 516. The minimum absolute atomic E-state index is 0.262. The number of aryl methyl sites for hydroxylation is 2. The van der Waals surface area contributed by atoms with Gasteiger partial charge in [-0.25, -0.2) is 0 Å². The molecule has 7 heteroatoms. The fraction of sp³-hybridized carbons (Fsp3) is 0.533. The van der Waals surface area contributed by atoms with Crippen molar-refractivity contribution in [3.8, 4) is 5.75 Å². The first-order valence-corrected chi connectivity index (χ1v) is 8.91. The Hall–Kier alpha value is -1.36. The predicted molar refractivity (Wildman–Crippen MR) is 87.4 cm³/mol. The summed E-state index contributed by atoms with van der Waals surface area (Å²) in [6.07, 6.45) is 0.277. The van der Waals surface area contributed by atoms with Gasteiger partial charge in [-0.3, -0.25) is 4.79 Å². The second-order valence-electron chi connectivity index (χ2n) is 5.00. The third-order valence-electron chi connectivity index (χ3n) is 3.18. The van der Waals surface area contributed by atoms with Gasteiger partial charge in [0.05, 0.1) is 6.61 Å². The first-order valence-electron chi connectivity index (χ1n) is 7.35. The zero-order valence-electron chi connectivity index (χ0n) is 13.6. The van der Waals surface area contributed by atoms with Gasteiger partial charge in [0.25, 0.3) is 0 Å². The maximum Gasteiger partial charge on any atom is 0.327 e. The molecular formula is C15H25N2O4P. The van der Waals surface area contributed by atoms with Crippen LogP contribution < -0.4 is 10.6 Å². The number of nitrogens with two attached hydrogens (primary N) is 1. The van der Waals surface area contributed by atoms with Crippen molar-refractivity contribution in [1.29, 1.82) is 0 Å². The lowest BCUT2D eigenvalue weighted by atomic mass is 10.1. The number of rotatable bonds is 8. The Balaban J connectivity index is 3.05. The number of esters is 1. The van der Waals surface area contributed by atoms with Crippen molar-refractivity contribution in [3.63, 3.8) is 0 Å². The quantitative estimate of drug-likeness (QED) is 0.448. The highest BCUT2D eigenvalue weighted by Gasteiger charge is 2.29. The molecule has 0 bridgehead atoms. The van der Waals surface area contributed by atoms with E-state index < -0.39 is 20.0 Å². The molecule has 6 nitrogen and oxygen atoms in total. The van der Waals surface area contributed by atoms with E-state index in [0.29, 0.717) is 5.75 Å². The van der Waals surface area contributed by atoms with Crippen LogP contribution in [0.1, 0.15) is 25.0 Å². The number of ether oxygens (including phenoxy) is 1. The monoisotopic (exact) mass is 328 g/mol. The van der Waals surface area contributed by atoms with Crippen molar-refractivity contribution < 1.29 is 18.9 Å². The summed E-state index contributed by atoms with van der Waals surface area (Å²) < 4.78 is 17.4. The summed E-state index contributed by atoms with van der Waals surface area (Å²) >= 11 is 0. The van der Waals surface area contributed by atoms with E-state index in [9.17, 15) is 9.36 Å². The van der Waals surface area contributed by atoms with Crippen LogP contribution in [0.4, 0.5) is 0 Å². The van der Waals surface area contributed by atoms with Gasteiger partial charge in [0, 0.05) is 12.7 Å². The molecule has 0 amide bonds. The highest BCUT2D eigenvalue weighted by atomic mass is 31.1. The molecule has 0 spiro atoms. The van der Waals surface area contributed by atoms with Crippen LogP contribution in [-0.2, 0) is 14.1 Å². The van der Waals surface area contributed by atoms with Gasteiger partial charge in [-0.2, -0.15) is 0 Å². The molecule has 1 aromatic carbocycles. The van der Waals surface area contributed by atoms with Crippen molar-refractivity contribution in [3.05, 3.63) is 29.3 Å². The molecule has 2 atom stereocenters. The second kappa shape index (κ2) is 8.93. The van der Waals surface area contributed by atoms with Crippen LogP contribution in [0.3, 0.4) is 0 Å². The smallest absolute Gasteiger partial charge is 0.327 e. The first kappa shape index (κ1) is 18.7. The van der Waals surface area contributed by atoms with Crippen molar-refractivity contribution in [1.82, 2.24) is 4.83 Å². The fourth-order valence-electron chi connectivity index (χ4n) is 1.98. The number of carbonyl (C=O) groups excluding carboxylic acids is 1. The van der Waals surface area contributed by atoms with E-state index in [-0.39, 0.29) is 19.3 Å². The Labute approximate surface area is 132 Å². The molecule has 0 saturated carbocycles. The molecule has 0 aliphatic carbocycles. The van der Waals surface area contributed by atoms with E-state index >= 15 is 0 Å². The number of nitrogens with zero attached hydrogens (tertiary/aromatic N) is 1. The van der Waals surface area contributed by atoms with Crippen molar-refractivity contribution in [2.75, 3.05) is 19.3 Å². The lowest BCUT2D eigenvalue weighted by molar-refractivity contribution is -0.153. The molecule has 0 radical (unpaired) electrons. The first-order chi connectivity index (χ1) is 10.4. The van der Waals surface area contributed by atoms with Crippen molar-refractivity contribution in [2.45, 2.75) is 33.7 Å². The topological polar surface area (TPSA) is 81.9 Å². The molecule has 124 valence electrons. The molecule has 0 aliphatic heterocycles. The van der Waals surface area contributed by atoms with Crippen LogP contribution in [0.25, 0.3) is 0 Å². The lowest BCUT2D eigenvalue weighted by Crippen LogP contribution is -2.38. The Kier molecular flexibility index (Phi) is 7.59. The van der Waals surface area contributed by atoms with E-state index in [2.05, 4.69) is 0 Å². The molecule has 0 aliphatic rings.